The Morgan fingerprint density at radius 2 is 1.91 bits per heavy atom. The van der Waals surface area contributed by atoms with Gasteiger partial charge in [-0.1, -0.05) is 24.3 Å². The first-order valence-electron chi connectivity index (χ1n) is 10.7. The Labute approximate surface area is 192 Å². The summed E-state index contributed by atoms with van der Waals surface area (Å²) in [7, 11) is 3.43. The molecule has 0 aromatic heterocycles. The number of carbonyl (C=O) groups excluding carboxylic acids is 3. The predicted octanol–water partition coefficient (Wildman–Crippen LogP) is 2.52. The Bertz CT molecular complexity index is 1030. The third-order valence-electron chi connectivity index (χ3n) is 5.41. The van der Waals surface area contributed by atoms with Crippen LogP contribution < -0.4 is 15.5 Å². The number of hydrogen-bond donors (Lipinski definition) is 2. The van der Waals surface area contributed by atoms with E-state index in [1.54, 1.807) is 26.2 Å². The highest BCUT2D eigenvalue weighted by atomic mass is 19.1. The zero-order valence-corrected chi connectivity index (χ0v) is 19.2. The molecule has 9 heteroatoms. The molecule has 1 fully saturated rings. The molecule has 2 N–H and O–H groups in total. The van der Waals surface area contributed by atoms with Crippen molar-refractivity contribution in [2.45, 2.75) is 32.5 Å². The Balaban J connectivity index is 1.64. The molecule has 176 valence electrons. The summed E-state index contributed by atoms with van der Waals surface area (Å²) in [4.78, 5) is 38.0. The number of likely N-dealkylation sites (N-methyl/N-ethyl adjacent to an activating group) is 1. The molecule has 0 spiro atoms. The van der Waals surface area contributed by atoms with Gasteiger partial charge in [-0.05, 0) is 36.2 Å². The van der Waals surface area contributed by atoms with Crippen LogP contribution in [0.15, 0.2) is 42.5 Å². The molecule has 2 atom stereocenters. The summed E-state index contributed by atoms with van der Waals surface area (Å²) >= 11 is 0. The van der Waals surface area contributed by atoms with Crippen molar-refractivity contribution in [2.75, 3.05) is 32.1 Å². The quantitative estimate of drug-likeness (QED) is 0.637. The van der Waals surface area contributed by atoms with Crippen molar-refractivity contribution < 1.29 is 23.5 Å². The summed E-state index contributed by atoms with van der Waals surface area (Å²) in [5.74, 6) is -0.669. The van der Waals surface area contributed by atoms with Crippen molar-refractivity contribution in [2.24, 2.45) is 0 Å². The molecule has 0 bridgehead atoms. The van der Waals surface area contributed by atoms with E-state index in [0.29, 0.717) is 23.4 Å². The number of carbonyl (C=O) groups is 3. The van der Waals surface area contributed by atoms with E-state index in [4.69, 9.17) is 4.74 Å². The van der Waals surface area contributed by atoms with Gasteiger partial charge in [0.05, 0.1) is 24.8 Å². The maximum Gasteiger partial charge on any atom is 0.414 e. The Morgan fingerprint density at radius 1 is 1.21 bits per heavy atom. The zero-order chi connectivity index (χ0) is 24.1. The van der Waals surface area contributed by atoms with Gasteiger partial charge < -0.3 is 20.3 Å². The van der Waals surface area contributed by atoms with Crippen LogP contribution in [0.1, 0.15) is 19.4 Å². The van der Waals surface area contributed by atoms with Crippen molar-refractivity contribution in [3.8, 4) is 11.1 Å². The summed E-state index contributed by atoms with van der Waals surface area (Å²) in [5, 5.41) is 5.79. The van der Waals surface area contributed by atoms with Crippen LogP contribution in [0.2, 0.25) is 0 Å². The highest BCUT2D eigenvalue weighted by Gasteiger charge is 2.32. The summed E-state index contributed by atoms with van der Waals surface area (Å²) in [6.45, 7) is 4.15. The van der Waals surface area contributed by atoms with Crippen molar-refractivity contribution >= 4 is 23.6 Å². The van der Waals surface area contributed by atoms with E-state index >= 15 is 0 Å². The number of anilines is 1. The molecule has 0 unspecified atom stereocenters. The van der Waals surface area contributed by atoms with E-state index in [9.17, 15) is 18.8 Å². The molecule has 1 saturated heterocycles. The fraction of sp³-hybridized carbons (Fsp3) is 0.375. The number of nitrogens with zero attached hydrogens (tertiary/aromatic N) is 2. The normalized spacial score (nSPS) is 16.3. The maximum absolute atomic E-state index is 14.9. The van der Waals surface area contributed by atoms with Crippen LogP contribution >= 0.6 is 0 Å². The van der Waals surface area contributed by atoms with Crippen molar-refractivity contribution in [3.63, 3.8) is 0 Å². The Kier molecular flexibility index (Phi) is 7.65. The lowest BCUT2D eigenvalue weighted by Gasteiger charge is -2.18. The molecule has 1 aliphatic rings. The van der Waals surface area contributed by atoms with Gasteiger partial charge in [0.15, 0.2) is 0 Å². The number of benzene rings is 2. The number of hydrogen-bond acceptors (Lipinski definition) is 5. The molecule has 0 saturated carbocycles. The van der Waals surface area contributed by atoms with E-state index in [1.807, 2.05) is 31.2 Å². The van der Waals surface area contributed by atoms with Crippen molar-refractivity contribution in [1.82, 2.24) is 15.5 Å². The van der Waals surface area contributed by atoms with E-state index in [0.717, 1.165) is 5.56 Å². The topological polar surface area (TPSA) is 91.0 Å². The minimum Gasteiger partial charge on any atom is -0.442 e. The Hall–Kier alpha value is -3.46. The number of nitrogens with one attached hydrogen (secondary N) is 2. The molecule has 2 aromatic rings. The van der Waals surface area contributed by atoms with Gasteiger partial charge >= 0.3 is 6.09 Å². The van der Waals surface area contributed by atoms with Gasteiger partial charge in [0, 0.05) is 33.1 Å². The summed E-state index contributed by atoms with van der Waals surface area (Å²) in [6.07, 6.45) is -1.06. The van der Waals surface area contributed by atoms with Crippen LogP contribution in [0.25, 0.3) is 11.1 Å². The molecule has 0 radical (unpaired) electrons. The minimum absolute atomic E-state index is 0.00268. The molecule has 33 heavy (non-hydrogen) atoms. The predicted molar refractivity (Wildman–Crippen MR) is 123 cm³/mol. The lowest BCUT2D eigenvalue weighted by Crippen LogP contribution is -2.41. The van der Waals surface area contributed by atoms with E-state index in [-0.39, 0.29) is 30.9 Å². The minimum atomic E-state index is -0.573. The van der Waals surface area contributed by atoms with Crippen LogP contribution in [-0.2, 0) is 20.9 Å². The van der Waals surface area contributed by atoms with Crippen LogP contribution in [0.3, 0.4) is 0 Å². The summed E-state index contributed by atoms with van der Waals surface area (Å²) in [5.41, 5.74) is 2.48. The third kappa shape index (κ3) is 6.07. The van der Waals surface area contributed by atoms with Gasteiger partial charge in [-0.2, -0.15) is 0 Å². The van der Waals surface area contributed by atoms with Gasteiger partial charge in [-0.25, -0.2) is 9.18 Å². The summed E-state index contributed by atoms with van der Waals surface area (Å²) < 4.78 is 20.1. The smallest absolute Gasteiger partial charge is 0.414 e. The van der Waals surface area contributed by atoms with Gasteiger partial charge in [-0.15, -0.1) is 0 Å². The molecule has 8 nitrogen and oxygen atoms in total. The SMILES string of the molecule is CC(=O)NC[C@H]1CN(c2ccc(-c3ccc(CN[C@@H](C)C(=O)N(C)C)cc3)c(F)c2)C(=O)O1. The van der Waals surface area contributed by atoms with Crippen LogP contribution in [-0.4, -0.2) is 62.1 Å². The standard InChI is InChI=1S/C24H29FN4O4/c1-15(23(31)28(3)4)26-12-17-5-7-18(8-6-17)21-10-9-19(11-22(21)25)29-14-20(33-24(29)32)13-27-16(2)30/h5-11,15,20,26H,12-14H2,1-4H3,(H,27,30)/t15-,20-/m0/s1. The molecule has 0 aliphatic carbocycles. The van der Waals surface area contributed by atoms with Gasteiger partial charge in [0.2, 0.25) is 11.8 Å². The fourth-order valence-electron chi connectivity index (χ4n) is 3.55. The molecule has 2 aromatic carbocycles. The van der Waals surface area contributed by atoms with Gasteiger partial charge in [-0.3, -0.25) is 14.5 Å². The first-order chi connectivity index (χ1) is 15.7. The fourth-order valence-corrected chi connectivity index (χ4v) is 3.55. The molecule has 1 aliphatic heterocycles. The second kappa shape index (κ2) is 10.4. The lowest BCUT2D eigenvalue weighted by molar-refractivity contribution is -0.130. The van der Waals surface area contributed by atoms with E-state index < -0.39 is 18.0 Å². The molecule has 3 rings (SSSR count). The van der Waals surface area contributed by atoms with E-state index in [2.05, 4.69) is 10.6 Å². The van der Waals surface area contributed by atoms with Gasteiger partial charge in [0.1, 0.15) is 11.9 Å². The largest absolute Gasteiger partial charge is 0.442 e. The molecule has 3 amide bonds. The highest BCUT2D eigenvalue weighted by Crippen LogP contribution is 2.29. The first kappa shape index (κ1) is 24.2. The van der Waals surface area contributed by atoms with Crippen molar-refractivity contribution in [3.05, 3.63) is 53.8 Å². The molecular weight excluding hydrogens is 427 g/mol. The average Bonchev–Trinajstić information content (AvgIpc) is 3.16. The second-order valence-corrected chi connectivity index (χ2v) is 8.25. The number of halogens is 1. The maximum atomic E-state index is 14.9. The van der Waals surface area contributed by atoms with Gasteiger partial charge in [0.25, 0.3) is 0 Å². The first-order valence-corrected chi connectivity index (χ1v) is 10.7. The van der Waals surface area contributed by atoms with Crippen molar-refractivity contribution in [1.29, 1.82) is 0 Å². The van der Waals surface area contributed by atoms with Crippen LogP contribution in [0.5, 0.6) is 0 Å². The van der Waals surface area contributed by atoms with Crippen LogP contribution in [0.4, 0.5) is 14.9 Å². The van der Waals surface area contributed by atoms with E-state index in [1.165, 1.54) is 22.8 Å². The second-order valence-electron chi connectivity index (χ2n) is 8.25. The molecular formula is C24H29FN4O4. The highest BCUT2D eigenvalue weighted by molar-refractivity contribution is 5.90. The number of cyclic esters (lactones) is 1. The monoisotopic (exact) mass is 456 g/mol. The number of rotatable bonds is 8. The number of ether oxygens (including phenoxy) is 1. The molecule has 1 heterocycles. The summed E-state index contributed by atoms with van der Waals surface area (Å²) in [6, 6.07) is 11.7. The van der Waals surface area contributed by atoms with Crippen LogP contribution in [0, 0.1) is 5.82 Å². The Morgan fingerprint density at radius 3 is 2.52 bits per heavy atom. The third-order valence-corrected chi connectivity index (χ3v) is 5.41. The number of amides is 3. The average molecular weight is 457 g/mol. The zero-order valence-electron chi connectivity index (χ0n) is 19.2. The lowest BCUT2D eigenvalue weighted by atomic mass is 10.0.